The van der Waals surface area contributed by atoms with E-state index in [1.165, 1.54) is 10.2 Å². The van der Waals surface area contributed by atoms with E-state index < -0.39 is 0 Å². The van der Waals surface area contributed by atoms with Crippen LogP contribution in [0.1, 0.15) is 24.1 Å². The van der Waals surface area contributed by atoms with Crippen molar-refractivity contribution in [3.63, 3.8) is 0 Å². The van der Waals surface area contributed by atoms with Gasteiger partial charge in [0.1, 0.15) is 10.8 Å². The van der Waals surface area contributed by atoms with Gasteiger partial charge in [-0.15, -0.1) is 0 Å². The Balaban J connectivity index is 1.60. The molecular formula is C20H18ClN3O2. The normalized spacial score (nSPS) is 13.8. The van der Waals surface area contributed by atoms with Crippen molar-refractivity contribution in [2.45, 2.75) is 19.4 Å². The van der Waals surface area contributed by atoms with Gasteiger partial charge in [0.2, 0.25) is 0 Å². The zero-order valence-corrected chi connectivity index (χ0v) is 15.0. The number of ether oxygens (including phenoxy) is 1. The van der Waals surface area contributed by atoms with Crippen molar-refractivity contribution in [3.8, 4) is 11.4 Å². The molecule has 0 saturated carbocycles. The van der Waals surface area contributed by atoms with Gasteiger partial charge in [0.05, 0.1) is 24.2 Å². The van der Waals surface area contributed by atoms with Crippen LogP contribution in [-0.2, 0) is 6.42 Å². The molecule has 2 heterocycles. The summed E-state index contributed by atoms with van der Waals surface area (Å²) in [5.74, 6) is 0.950. The SMILES string of the molecule is C[C@H](Nc1cnn(-c2ccccc2)c(=O)c1Cl)c1ccc2c(c1)CCO2. The predicted octanol–water partition coefficient (Wildman–Crippen LogP) is 3.99. The minimum absolute atomic E-state index is 0.0211. The molecule has 0 amide bonds. The molecule has 0 saturated heterocycles. The van der Waals surface area contributed by atoms with E-state index in [9.17, 15) is 4.79 Å². The first-order valence-electron chi connectivity index (χ1n) is 8.49. The fourth-order valence-corrected chi connectivity index (χ4v) is 3.26. The highest BCUT2D eigenvalue weighted by Gasteiger charge is 2.17. The molecule has 0 spiro atoms. The molecule has 1 aromatic heterocycles. The zero-order valence-electron chi connectivity index (χ0n) is 14.3. The standard InChI is InChI=1S/C20H18ClN3O2/c1-13(14-7-8-18-15(11-14)9-10-26-18)23-17-12-22-24(20(25)19(17)21)16-5-3-2-4-6-16/h2-8,11-13,23H,9-10H2,1H3/t13-/m0/s1. The monoisotopic (exact) mass is 367 g/mol. The quantitative estimate of drug-likeness (QED) is 0.757. The maximum Gasteiger partial charge on any atom is 0.292 e. The van der Waals surface area contributed by atoms with Crippen LogP contribution < -0.4 is 15.6 Å². The molecule has 0 bridgehead atoms. The van der Waals surface area contributed by atoms with Gasteiger partial charge in [0.15, 0.2) is 0 Å². The summed E-state index contributed by atoms with van der Waals surface area (Å²) < 4.78 is 6.84. The van der Waals surface area contributed by atoms with Crippen molar-refractivity contribution in [1.29, 1.82) is 0 Å². The minimum atomic E-state index is -0.350. The lowest BCUT2D eigenvalue weighted by molar-refractivity contribution is 0.357. The number of hydrogen-bond donors (Lipinski definition) is 1. The molecule has 5 nitrogen and oxygen atoms in total. The fourth-order valence-electron chi connectivity index (χ4n) is 3.08. The van der Waals surface area contributed by atoms with Crippen LogP contribution in [0.4, 0.5) is 5.69 Å². The number of anilines is 1. The second kappa shape index (κ2) is 6.84. The average molecular weight is 368 g/mol. The Bertz CT molecular complexity index is 1000. The highest BCUT2D eigenvalue weighted by molar-refractivity contribution is 6.33. The van der Waals surface area contributed by atoms with E-state index in [-0.39, 0.29) is 16.6 Å². The van der Waals surface area contributed by atoms with Crippen LogP contribution in [0.2, 0.25) is 5.02 Å². The predicted molar refractivity (Wildman–Crippen MR) is 103 cm³/mol. The van der Waals surface area contributed by atoms with Gasteiger partial charge < -0.3 is 10.1 Å². The minimum Gasteiger partial charge on any atom is -0.493 e. The topological polar surface area (TPSA) is 56.2 Å². The van der Waals surface area contributed by atoms with Crippen LogP contribution in [0.5, 0.6) is 5.75 Å². The van der Waals surface area contributed by atoms with Crippen LogP contribution in [0, 0.1) is 0 Å². The van der Waals surface area contributed by atoms with Crippen molar-refractivity contribution in [2.24, 2.45) is 0 Å². The van der Waals surface area contributed by atoms with Gasteiger partial charge in [-0.2, -0.15) is 9.78 Å². The number of fused-ring (bicyclic) bond motifs is 1. The van der Waals surface area contributed by atoms with E-state index in [0.29, 0.717) is 11.4 Å². The molecule has 0 aliphatic carbocycles. The first-order valence-corrected chi connectivity index (χ1v) is 8.86. The van der Waals surface area contributed by atoms with Gasteiger partial charge in [0, 0.05) is 12.5 Å². The van der Waals surface area contributed by atoms with Crippen molar-refractivity contribution in [2.75, 3.05) is 11.9 Å². The van der Waals surface area contributed by atoms with Crippen LogP contribution in [0.15, 0.2) is 59.5 Å². The molecule has 26 heavy (non-hydrogen) atoms. The van der Waals surface area contributed by atoms with Crippen LogP contribution >= 0.6 is 11.6 Å². The summed E-state index contributed by atoms with van der Waals surface area (Å²) >= 11 is 6.32. The first kappa shape index (κ1) is 16.7. The van der Waals surface area contributed by atoms with E-state index in [2.05, 4.69) is 16.5 Å². The maximum absolute atomic E-state index is 12.6. The highest BCUT2D eigenvalue weighted by Crippen LogP contribution is 2.30. The largest absolute Gasteiger partial charge is 0.493 e. The van der Waals surface area contributed by atoms with E-state index in [0.717, 1.165) is 24.3 Å². The molecule has 1 aliphatic heterocycles. The fraction of sp³-hybridized carbons (Fsp3) is 0.200. The van der Waals surface area contributed by atoms with Crippen LogP contribution in [-0.4, -0.2) is 16.4 Å². The van der Waals surface area contributed by atoms with E-state index >= 15 is 0 Å². The molecule has 1 atom stereocenters. The Labute approximate surface area is 156 Å². The lowest BCUT2D eigenvalue weighted by Crippen LogP contribution is -2.23. The lowest BCUT2D eigenvalue weighted by atomic mass is 10.0. The second-order valence-corrected chi connectivity index (χ2v) is 6.63. The molecule has 4 rings (SSSR count). The molecule has 0 radical (unpaired) electrons. The number of nitrogens with one attached hydrogen (secondary N) is 1. The summed E-state index contributed by atoms with van der Waals surface area (Å²) in [6, 6.07) is 15.3. The average Bonchev–Trinajstić information content (AvgIpc) is 3.14. The van der Waals surface area contributed by atoms with Gasteiger partial charge in [-0.05, 0) is 42.3 Å². The number of halogens is 1. The zero-order chi connectivity index (χ0) is 18.1. The first-order chi connectivity index (χ1) is 12.6. The van der Waals surface area contributed by atoms with Gasteiger partial charge >= 0.3 is 0 Å². The molecule has 6 heteroatoms. The smallest absolute Gasteiger partial charge is 0.292 e. The van der Waals surface area contributed by atoms with Crippen molar-refractivity contribution in [3.05, 3.63) is 81.2 Å². The van der Waals surface area contributed by atoms with Crippen molar-refractivity contribution >= 4 is 17.3 Å². The Hall–Kier alpha value is -2.79. The number of rotatable bonds is 4. The molecule has 0 unspecified atom stereocenters. The number of aromatic nitrogens is 2. The summed E-state index contributed by atoms with van der Waals surface area (Å²) in [5.41, 5.74) is 3.17. The number of hydrogen-bond acceptors (Lipinski definition) is 4. The van der Waals surface area contributed by atoms with Gasteiger partial charge in [0.25, 0.3) is 5.56 Å². The van der Waals surface area contributed by atoms with Crippen LogP contribution in [0.25, 0.3) is 5.69 Å². The number of nitrogens with zero attached hydrogens (tertiary/aromatic N) is 2. The van der Waals surface area contributed by atoms with Gasteiger partial charge in [-0.3, -0.25) is 4.79 Å². The maximum atomic E-state index is 12.6. The molecule has 0 fully saturated rings. The molecule has 132 valence electrons. The molecule has 2 aromatic carbocycles. The van der Waals surface area contributed by atoms with Gasteiger partial charge in [-0.1, -0.05) is 35.9 Å². The summed E-state index contributed by atoms with van der Waals surface area (Å²) in [4.78, 5) is 12.6. The molecular weight excluding hydrogens is 350 g/mol. The Morgan fingerprint density at radius 3 is 2.85 bits per heavy atom. The highest BCUT2D eigenvalue weighted by atomic mass is 35.5. The molecule has 3 aromatic rings. The summed E-state index contributed by atoms with van der Waals surface area (Å²) in [6.07, 6.45) is 2.51. The lowest BCUT2D eigenvalue weighted by Gasteiger charge is -2.17. The van der Waals surface area contributed by atoms with E-state index in [1.807, 2.05) is 49.4 Å². The number of benzene rings is 2. The molecule has 1 aliphatic rings. The third kappa shape index (κ3) is 3.06. The number of para-hydroxylation sites is 1. The summed E-state index contributed by atoms with van der Waals surface area (Å²) in [5, 5.41) is 7.66. The Morgan fingerprint density at radius 1 is 1.23 bits per heavy atom. The second-order valence-electron chi connectivity index (χ2n) is 6.26. The third-order valence-electron chi connectivity index (χ3n) is 4.51. The van der Waals surface area contributed by atoms with Crippen molar-refractivity contribution in [1.82, 2.24) is 9.78 Å². The van der Waals surface area contributed by atoms with E-state index in [4.69, 9.17) is 16.3 Å². The van der Waals surface area contributed by atoms with E-state index in [1.54, 1.807) is 6.20 Å². The summed E-state index contributed by atoms with van der Waals surface area (Å²) in [6.45, 7) is 2.75. The third-order valence-corrected chi connectivity index (χ3v) is 4.87. The van der Waals surface area contributed by atoms with Crippen molar-refractivity contribution < 1.29 is 4.74 Å². The molecule has 1 N–H and O–H groups in total. The summed E-state index contributed by atoms with van der Waals surface area (Å²) in [7, 11) is 0. The Morgan fingerprint density at radius 2 is 2.04 bits per heavy atom. The Kier molecular flexibility index (Phi) is 4.39. The van der Waals surface area contributed by atoms with Gasteiger partial charge in [-0.25, -0.2) is 0 Å². The van der Waals surface area contributed by atoms with Crippen LogP contribution in [0.3, 0.4) is 0 Å².